The monoisotopic (exact) mass is 339 g/mol. The van der Waals surface area contributed by atoms with Crippen LogP contribution in [0, 0.1) is 6.92 Å². The van der Waals surface area contributed by atoms with Gasteiger partial charge in [-0.2, -0.15) is 0 Å². The highest BCUT2D eigenvalue weighted by molar-refractivity contribution is 5.91. The van der Waals surface area contributed by atoms with Gasteiger partial charge in [0.15, 0.2) is 0 Å². The van der Waals surface area contributed by atoms with Crippen molar-refractivity contribution in [3.05, 3.63) is 65.2 Å². The zero-order valence-electron chi connectivity index (χ0n) is 15.0. The molecule has 0 aliphatic rings. The minimum atomic E-state index is -0.111. The van der Waals surface area contributed by atoms with Gasteiger partial charge in [0.25, 0.3) is 0 Å². The second-order valence-electron chi connectivity index (χ2n) is 5.69. The first-order chi connectivity index (χ1) is 12.1. The molecule has 2 aromatic carbocycles. The third-order valence-electron chi connectivity index (χ3n) is 3.75. The predicted molar refractivity (Wildman–Crippen MR) is 101 cm³/mol. The van der Waals surface area contributed by atoms with E-state index in [0.717, 1.165) is 29.0 Å². The van der Waals surface area contributed by atoms with Crippen LogP contribution in [0.3, 0.4) is 0 Å². The van der Waals surface area contributed by atoms with Crippen molar-refractivity contribution in [1.29, 1.82) is 0 Å². The maximum atomic E-state index is 11.9. The Morgan fingerprint density at radius 2 is 1.92 bits per heavy atom. The normalized spacial score (nSPS) is 10.7. The van der Waals surface area contributed by atoms with E-state index in [1.54, 1.807) is 19.3 Å². The van der Waals surface area contributed by atoms with Crippen molar-refractivity contribution in [2.45, 2.75) is 20.3 Å². The molecule has 2 aromatic rings. The second-order valence-corrected chi connectivity index (χ2v) is 5.69. The number of ether oxygens (including phenoxy) is 2. The number of hydrogen-bond acceptors (Lipinski definition) is 3. The van der Waals surface area contributed by atoms with E-state index in [1.807, 2.05) is 50.2 Å². The first-order valence-electron chi connectivity index (χ1n) is 8.44. The Labute approximate surface area is 149 Å². The molecule has 0 bridgehead atoms. The molecule has 4 nitrogen and oxygen atoms in total. The van der Waals surface area contributed by atoms with Crippen LogP contribution in [-0.4, -0.2) is 26.2 Å². The van der Waals surface area contributed by atoms with E-state index in [0.29, 0.717) is 13.2 Å². The van der Waals surface area contributed by atoms with Crippen LogP contribution in [0.2, 0.25) is 0 Å². The Kier molecular flexibility index (Phi) is 7.08. The van der Waals surface area contributed by atoms with Gasteiger partial charge in [-0.3, -0.25) is 4.79 Å². The van der Waals surface area contributed by atoms with Crippen LogP contribution in [0.25, 0.3) is 6.08 Å². The predicted octanol–water partition coefficient (Wildman–Crippen LogP) is 3.77. The second kappa shape index (κ2) is 9.52. The number of methoxy groups -OCH3 is 1. The van der Waals surface area contributed by atoms with Gasteiger partial charge in [-0.1, -0.05) is 29.8 Å². The van der Waals surface area contributed by atoms with Crippen molar-refractivity contribution in [1.82, 2.24) is 5.32 Å². The highest BCUT2D eigenvalue weighted by Crippen LogP contribution is 2.19. The van der Waals surface area contributed by atoms with Gasteiger partial charge in [-0.05, 0) is 55.7 Å². The van der Waals surface area contributed by atoms with Crippen LogP contribution < -0.4 is 14.8 Å². The molecule has 0 saturated heterocycles. The van der Waals surface area contributed by atoms with Gasteiger partial charge < -0.3 is 14.8 Å². The van der Waals surface area contributed by atoms with Gasteiger partial charge in [0.05, 0.1) is 13.7 Å². The number of hydrogen-bond donors (Lipinski definition) is 1. The zero-order valence-corrected chi connectivity index (χ0v) is 15.0. The third kappa shape index (κ3) is 5.99. The van der Waals surface area contributed by atoms with E-state index in [4.69, 9.17) is 9.47 Å². The van der Waals surface area contributed by atoms with Crippen LogP contribution in [0.5, 0.6) is 11.5 Å². The fourth-order valence-corrected chi connectivity index (χ4v) is 2.50. The Bertz CT molecular complexity index is 720. The summed E-state index contributed by atoms with van der Waals surface area (Å²) >= 11 is 0. The molecule has 0 radical (unpaired) electrons. The molecule has 1 amide bonds. The molecule has 0 atom stereocenters. The lowest BCUT2D eigenvalue weighted by molar-refractivity contribution is -0.116. The average molecular weight is 339 g/mol. The molecule has 2 rings (SSSR count). The summed E-state index contributed by atoms with van der Waals surface area (Å²) in [5, 5.41) is 2.90. The average Bonchev–Trinajstić information content (AvgIpc) is 2.61. The van der Waals surface area contributed by atoms with E-state index in [2.05, 4.69) is 11.4 Å². The quantitative estimate of drug-likeness (QED) is 0.745. The highest BCUT2D eigenvalue weighted by atomic mass is 16.5. The fourth-order valence-electron chi connectivity index (χ4n) is 2.50. The van der Waals surface area contributed by atoms with E-state index in [-0.39, 0.29) is 5.91 Å². The molecule has 0 saturated carbocycles. The summed E-state index contributed by atoms with van der Waals surface area (Å²) in [6.07, 6.45) is 4.06. The lowest BCUT2D eigenvalue weighted by Crippen LogP contribution is -2.23. The van der Waals surface area contributed by atoms with Crippen molar-refractivity contribution in [3.63, 3.8) is 0 Å². The molecule has 4 heteroatoms. The Balaban J connectivity index is 1.83. The lowest BCUT2D eigenvalue weighted by Gasteiger charge is -2.09. The van der Waals surface area contributed by atoms with Crippen molar-refractivity contribution in [2.24, 2.45) is 0 Å². The maximum Gasteiger partial charge on any atom is 0.244 e. The van der Waals surface area contributed by atoms with Gasteiger partial charge in [0.2, 0.25) is 5.91 Å². The molecule has 25 heavy (non-hydrogen) atoms. The molecule has 0 spiro atoms. The minimum absolute atomic E-state index is 0.111. The molecule has 0 aromatic heterocycles. The van der Waals surface area contributed by atoms with Crippen molar-refractivity contribution in [3.8, 4) is 11.5 Å². The molecule has 0 unspecified atom stereocenters. The van der Waals surface area contributed by atoms with Crippen molar-refractivity contribution < 1.29 is 14.3 Å². The van der Waals surface area contributed by atoms with Crippen LogP contribution in [0.4, 0.5) is 0 Å². The van der Waals surface area contributed by atoms with E-state index < -0.39 is 0 Å². The van der Waals surface area contributed by atoms with Crippen molar-refractivity contribution >= 4 is 12.0 Å². The topological polar surface area (TPSA) is 47.6 Å². The SMILES string of the molecule is CCOc1ccc(/C=C/C(=O)NCCc2cc(C)ccc2OC)cc1. The van der Waals surface area contributed by atoms with E-state index in [1.165, 1.54) is 5.56 Å². The summed E-state index contributed by atoms with van der Waals surface area (Å²) in [6, 6.07) is 13.7. The van der Waals surface area contributed by atoms with Crippen molar-refractivity contribution in [2.75, 3.05) is 20.3 Å². The smallest absolute Gasteiger partial charge is 0.244 e. The maximum absolute atomic E-state index is 11.9. The molecular formula is C21H25NO3. The standard InChI is InChI=1S/C21H25NO3/c1-4-25-19-9-6-17(7-10-19)8-12-21(23)22-14-13-18-15-16(2)5-11-20(18)24-3/h5-12,15H,4,13-14H2,1-3H3,(H,22,23)/b12-8+. The summed E-state index contributed by atoms with van der Waals surface area (Å²) in [6.45, 7) is 5.20. The van der Waals surface area contributed by atoms with Gasteiger partial charge in [0.1, 0.15) is 11.5 Å². The summed E-state index contributed by atoms with van der Waals surface area (Å²) in [5.41, 5.74) is 3.23. The lowest BCUT2D eigenvalue weighted by atomic mass is 10.1. The minimum Gasteiger partial charge on any atom is -0.496 e. The first-order valence-corrected chi connectivity index (χ1v) is 8.44. The Morgan fingerprint density at radius 3 is 2.60 bits per heavy atom. The van der Waals surface area contributed by atoms with Crippen LogP contribution in [-0.2, 0) is 11.2 Å². The van der Waals surface area contributed by atoms with Gasteiger partial charge in [-0.15, -0.1) is 0 Å². The molecule has 0 fully saturated rings. The highest BCUT2D eigenvalue weighted by Gasteiger charge is 2.04. The summed E-state index contributed by atoms with van der Waals surface area (Å²) < 4.78 is 10.7. The Hall–Kier alpha value is -2.75. The van der Waals surface area contributed by atoms with Gasteiger partial charge >= 0.3 is 0 Å². The molecule has 1 N–H and O–H groups in total. The first kappa shape index (κ1) is 18.6. The summed E-state index contributed by atoms with van der Waals surface area (Å²) in [7, 11) is 1.66. The number of amides is 1. The summed E-state index contributed by atoms with van der Waals surface area (Å²) in [5.74, 6) is 1.57. The molecule has 132 valence electrons. The zero-order chi connectivity index (χ0) is 18.1. The van der Waals surface area contributed by atoms with Gasteiger partial charge in [-0.25, -0.2) is 0 Å². The molecule has 0 aliphatic carbocycles. The number of carbonyl (C=O) groups is 1. The van der Waals surface area contributed by atoms with E-state index in [9.17, 15) is 4.79 Å². The molecule has 0 aliphatic heterocycles. The number of aryl methyl sites for hydroxylation is 1. The molecule has 0 heterocycles. The molecular weight excluding hydrogens is 314 g/mol. The van der Waals surface area contributed by atoms with Crippen LogP contribution in [0.1, 0.15) is 23.6 Å². The summed E-state index contributed by atoms with van der Waals surface area (Å²) in [4.78, 5) is 11.9. The number of carbonyl (C=O) groups excluding carboxylic acids is 1. The largest absolute Gasteiger partial charge is 0.496 e. The number of nitrogens with one attached hydrogen (secondary N) is 1. The van der Waals surface area contributed by atoms with Crippen LogP contribution >= 0.6 is 0 Å². The number of benzene rings is 2. The fraction of sp³-hybridized carbons (Fsp3) is 0.286. The van der Waals surface area contributed by atoms with Crippen LogP contribution in [0.15, 0.2) is 48.5 Å². The van der Waals surface area contributed by atoms with Gasteiger partial charge in [0, 0.05) is 12.6 Å². The van der Waals surface area contributed by atoms with E-state index >= 15 is 0 Å². The third-order valence-corrected chi connectivity index (χ3v) is 3.75. The number of rotatable bonds is 8. The Morgan fingerprint density at radius 1 is 1.16 bits per heavy atom.